The Hall–Kier alpha value is -2.06. The van der Waals surface area contributed by atoms with E-state index in [2.05, 4.69) is 26.2 Å². The summed E-state index contributed by atoms with van der Waals surface area (Å²) in [5.41, 5.74) is 1.20. The van der Waals surface area contributed by atoms with Gasteiger partial charge in [-0.3, -0.25) is 0 Å². The summed E-state index contributed by atoms with van der Waals surface area (Å²) >= 11 is 3.44. The van der Waals surface area contributed by atoms with Crippen LogP contribution in [0, 0.1) is 11.3 Å². The average molecular weight is 304 g/mol. The normalized spacial score (nSPS) is 9.61. The molecule has 1 N–H and O–H groups in total. The number of hydrogen-bond donors (Lipinski definition) is 1. The number of anilines is 2. The first-order valence-corrected chi connectivity index (χ1v) is 6.00. The van der Waals surface area contributed by atoms with E-state index in [0.29, 0.717) is 11.5 Å². The molecule has 90 valence electrons. The lowest BCUT2D eigenvalue weighted by Crippen LogP contribution is -1.96. The van der Waals surface area contributed by atoms with E-state index in [4.69, 9.17) is 10.00 Å². The van der Waals surface area contributed by atoms with E-state index < -0.39 is 0 Å². The summed E-state index contributed by atoms with van der Waals surface area (Å²) in [4.78, 5) is 4.15. The smallest absolute Gasteiger partial charge is 0.142 e. The minimum absolute atomic E-state index is 0.374. The van der Waals surface area contributed by atoms with Gasteiger partial charge in [-0.05, 0) is 40.2 Å². The third-order valence-electron chi connectivity index (χ3n) is 2.30. The molecule has 2 aromatic rings. The molecule has 0 aliphatic rings. The number of hydrogen-bond acceptors (Lipinski definition) is 4. The average Bonchev–Trinajstić information content (AvgIpc) is 2.41. The Labute approximate surface area is 113 Å². The van der Waals surface area contributed by atoms with Crippen molar-refractivity contribution >= 4 is 27.4 Å². The van der Waals surface area contributed by atoms with Gasteiger partial charge in [-0.15, -0.1) is 0 Å². The van der Waals surface area contributed by atoms with E-state index in [1.54, 1.807) is 25.3 Å². The fraction of sp³-hybridized carbons (Fsp3) is 0.0769. The summed E-state index contributed by atoms with van der Waals surface area (Å²) in [6.07, 6.45) is 0. The number of benzene rings is 1. The lowest BCUT2D eigenvalue weighted by Gasteiger charge is -2.09. The van der Waals surface area contributed by atoms with Gasteiger partial charge in [0, 0.05) is 10.5 Å². The molecule has 0 atom stereocenters. The van der Waals surface area contributed by atoms with Crippen LogP contribution in [0.1, 0.15) is 5.69 Å². The second-order valence-electron chi connectivity index (χ2n) is 3.49. The van der Waals surface area contributed by atoms with Crippen LogP contribution in [-0.2, 0) is 0 Å². The predicted molar refractivity (Wildman–Crippen MR) is 72.9 cm³/mol. The molecule has 0 bridgehead atoms. The number of nitrogens with zero attached hydrogens (tertiary/aromatic N) is 2. The summed E-state index contributed by atoms with van der Waals surface area (Å²) < 4.78 is 6.05. The molecular weight excluding hydrogens is 294 g/mol. The number of rotatable bonds is 3. The van der Waals surface area contributed by atoms with Gasteiger partial charge in [0.05, 0.1) is 12.8 Å². The first-order valence-electron chi connectivity index (χ1n) is 5.20. The van der Waals surface area contributed by atoms with E-state index in [-0.39, 0.29) is 0 Å². The molecular formula is C13H10BrN3O. The Kier molecular flexibility index (Phi) is 3.80. The molecule has 0 radical (unpaired) electrons. The highest BCUT2D eigenvalue weighted by atomic mass is 79.9. The van der Waals surface area contributed by atoms with Crippen LogP contribution in [-0.4, -0.2) is 12.1 Å². The molecule has 0 saturated heterocycles. The number of ether oxygens (including phenoxy) is 1. The first kappa shape index (κ1) is 12.4. The van der Waals surface area contributed by atoms with Crippen molar-refractivity contribution in [2.75, 3.05) is 12.4 Å². The summed E-state index contributed by atoms with van der Waals surface area (Å²) in [5.74, 6) is 1.36. The molecule has 0 spiro atoms. The molecule has 2 rings (SSSR count). The Balaban J connectivity index is 2.30. The van der Waals surface area contributed by atoms with Crippen LogP contribution >= 0.6 is 15.9 Å². The van der Waals surface area contributed by atoms with E-state index in [1.165, 1.54) is 0 Å². The second kappa shape index (κ2) is 5.52. The SMILES string of the molecule is COc1ccc(Br)c(Nc2cccc(C#N)n2)c1. The summed E-state index contributed by atoms with van der Waals surface area (Å²) in [5, 5.41) is 11.9. The highest BCUT2D eigenvalue weighted by Gasteiger charge is 2.04. The second-order valence-corrected chi connectivity index (χ2v) is 4.34. The molecule has 0 aliphatic carbocycles. The van der Waals surface area contributed by atoms with E-state index in [0.717, 1.165) is 15.9 Å². The van der Waals surface area contributed by atoms with Crippen LogP contribution in [0.15, 0.2) is 40.9 Å². The van der Waals surface area contributed by atoms with Crippen LogP contribution in [0.5, 0.6) is 5.75 Å². The Bertz CT molecular complexity index is 607. The number of methoxy groups -OCH3 is 1. The zero-order valence-electron chi connectivity index (χ0n) is 9.64. The van der Waals surface area contributed by atoms with E-state index in [1.807, 2.05) is 24.3 Å². The number of aromatic nitrogens is 1. The van der Waals surface area contributed by atoms with Gasteiger partial charge in [0.2, 0.25) is 0 Å². The van der Waals surface area contributed by atoms with Gasteiger partial charge in [0.25, 0.3) is 0 Å². The van der Waals surface area contributed by atoms with Gasteiger partial charge < -0.3 is 10.1 Å². The summed E-state index contributed by atoms with van der Waals surface area (Å²) in [6, 6.07) is 12.8. The molecule has 18 heavy (non-hydrogen) atoms. The maximum atomic E-state index is 8.80. The maximum Gasteiger partial charge on any atom is 0.142 e. The third-order valence-corrected chi connectivity index (χ3v) is 2.99. The van der Waals surface area contributed by atoms with Gasteiger partial charge in [-0.2, -0.15) is 5.26 Å². The molecule has 0 fully saturated rings. The van der Waals surface area contributed by atoms with Crippen LogP contribution in [0.25, 0.3) is 0 Å². The zero-order valence-corrected chi connectivity index (χ0v) is 11.2. The van der Waals surface area contributed by atoms with Crippen molar-refractivity contribution in [1.82, 2.24) is 4.98 Å². The standard InChI is InChI=1S/C13H10BrN3O/c1-18-10-5-6-11(14)12(7-10)17-13-4-2-3-9(8-15)16-13/h2-7H,1H3,(H,16,17). The lowest BCUT2D eigenvalue weighted by atomic mass is 10.3. The zero-order chi connectivity index (χ0) is 13.0. The molecule has 5 heteroatoms. The van der Waals surface area contributed by atoms with Crippen LogP contribution in [0.4, 0.5) is 11.5 Å². The Morgan fingerprint density at radius 2 is 2.17 bits per heavy atom. The van der Waals surface area contributed by atoms with Gasteiger partial charge in [-0.25, -0.2) is 4.98 Å². The van der Waals surface area contributed by atoms with E-state index in [9.17, 15) is 0 Å². The minimum Gasteiger partial charge on any atom is -0.497 e. The number of halogens is 1. The summed E-state index contributed by atoms with van der Waals surface area (Å²) in [6.45, 7) is 0. The monoisotopic (exact) mass is 303 g/mol. The molecule has 0 unspecified atom stereocenters. The van der Waals surface area contributed by atoms with Crippen LogP contribution in [0.3, 0.4) is 0 Å². The molecule has 4 nitrogen and oxygen atoms in total. The number of nitriles is 1. The van der Waals surface area contributed by atoms with Crippen molar-refractivity contribution in [3.63, 3.8) is 0 Å². The van der Waals surface area contributed by atoms with Crippen molar-refractivity contribution in [2.24, 2.45) is 0 Å². The summed E-state index contributed by atoms with van der Waals surface area (Å²) in [7, 11) is 1.61. The first-order chi connectivity index (χ1) is 8.72. The van der Waals surface area contributed by atoms with Gasteiger partial charge in [0.1, 0.15) is 23.3 Å². The molecule has 1 aromatic heterocycles. The highest BCUT2D eigenvalue weighted by Crippen LogP contribution is 2.29. The minimum atomic E-state index is 0.374. The van der Waals surface area contributed by atoms with Gasteiger partial charge >= 0.3 is 0 Å². The Morgan fingerprint density at radius 3 is 2.89 bits per heavy atom. The lowest BCUT2D eigenvalue weighted by molar-refractivity contribution is 0.415. The van der Waals surface area contributed by atoms with Crippen LogP contribution < -0.4 is 10.1 Å². The number of nitrogens with one attached hydrogen (secondary N) is 1. The van der Waals surface area contributed by atoms with Crippen molar-refractivity contribution in [3.8, 4) is 11.8 Å². The molecule has 0 amide bonds. The quantitative estimate of drug-likeness (QED) is 0.943. The number of pyridine rings is 1. The van der Waals surface area contributed by atoms with Crippen molar-refractivity contribution in [3.05, 3.63) is 46.6 Å². The molecule has 1 heterocycles. The van der Waals surface area contributed by atoms with Crippen molar-refractivity contribution in [2.45, 2.75) is 0 Å². The van der Waals surface area contributed by atoms with Gasteiger partial charge in [0.15, 0.2) is 0 Å². The fourth-order valence-electron chi connectivity index (χ4n) is 1.43. The Morgan fingerprint density at radius 1 is 1.33 bits per heavy atom. The van der Waals surface area contributed by atoms with Crippen molar-refractivity contribution in [1.29, 1.82) is 5.26 Å². The van der Waals surface area contributed by atoms with Crippen molar-refractivity contribution < 1.29 is 4.74 Å². The van der Waals surface area contributed by atoms with Crippen LogP contribution in [0.2, 0.25) is 0 Å². The largest absolute Gasteiger partial charge is 0.497 e. The predicted octanol–water partition coefficient (Wildman–Crippen LogP) is 3.47. The highest BCUT2D eigenvalue weighted by molar-refractivity contribution is 9.10. The molecule has 0 saturated carbocycles. The topological polar surface area (TPSA) is 57.9 Å². The van der Waals surface area contributed by atoms with E-state index >= 15 is 0 Å². The third kappa shape index (κ3) is 2.79. The molecule has 0 aliphatic heterocycles. The molecule has 1 aromatic carbocycles. The maximum absolute atomic E-state index is 8.80. The fourth-order valence-corrected chi connectivity index (χ4v) is 1.78. The van der Waals surface area contributed by atoms with Gasteiger partial charge in [-0.1, -0.05) is 6.07 Å².